The van der Waals surface area contributed by atoms with Crippen LogP contribution in [0.25, 0.3) is 0 Å². The fourth-order valence-corrected chi connectivity index (χ4v) is 1.18. The van der Waals surface area contributed by atoms with Gasteiger partial charge in [0.25, 0.3) is 0 Å². The van der Waals surface area contributed by atoms with Gasteiger partial charge in [0.2, 0.25) is 0 Å². The van der Waals surface area contributed by atoms with Crippen LogP contribution < -0.4 is 0 Å². The van der Waals surface area contributed by atoms with Crippen LogP contribution >= 0.6 is 0 Å². The van der Waals surface area contributed by atoms with Gasteiger partial charge in [-0.05, 0) is 26.9 Å². The largest absolute Gasteiger partial charge is 0.465 e. The molecule has 3 heteroatoms. The van der Waals surface area contributed by atoms with Gasteiger partial charge < -0.3 is 4.74 Å². The lowest BCUT2D eigenvalue weighted by Crippen LogP contribution is -2.39. The highest BCUT2D eigenvalue weighted by molar-refractivity contribution is 5.75. The van der Waals surface area contributed by atoms with Crippen LogP contribution in [0.3, 0.4) is 0 Å². The van der Waals surface area contributed by atoms with Crippen LogP contribution in [-0.4, -0.2) is 36.6 Å². The molecular weight excluding hydrogens is 154 g/mol. The van der Waals surface area contributed by atoms with Crippen LogP contribution in [0.4, 0.5) is 0 Å². The molecule has 0 aromatic carbocycles. The molecule has 12 heavy (non-hydrogen) atoms. The minimum absolute atomic E-state index is 0.111. The Kier molecular flexibility index (Phi) is 5.72. The monoisotopic (exact) mass is 173 g/mol. The van der Waals surface area contributed by atoms with Crippen molar-refractivity contribution in [2.45, 2.75) is 33.7 Å². The predicted octanol–water partition coefficient (Wildman–Crippen LogP) is 1.28. The second-order valence-electron chi connectivity index (χ2n) is 2.65. The van der Waals surface area contributed by atoms with E-state index in [4.69, 9.17) is 4.74 Å². The minimum Gasteiger partial charge on any atom is -0.465 e. The molecule has 0 rings (SSSR count). The zero-order chi connectivity index (χ0) is 9.56. The fourth-order valence-electron chi connectivity index (χ4n) is 1.18. The summed E-state index contributed by atoms with van der Waals surface area (Å²) < 4.78 is 4.91. The standard InChI is InChI=1S/C9H19NO2/c1-5-10(6-2)8(4)9(11)12-7-3/h8H,5-7H2,1-4H3. The Morgan fingerprint density at radius 2 is 1.83 bits per heavy atom. The molecule has 72 valence electrons. The average Bonchev–Trinajstić information content (AvgIpc) is 2.07. The number of likely N-dealkylation sites (N-methyl/N-ethyl adjacent to an activating group) is 1. The van der Waals surface area contributed by atoms with Gasteiger partial charge in [-0.3, -0.25) is 9.69 Å². The van der Waals surface area contributed by atoms with E-state index in [1.54, 1.807) is 0 Å². The third-order valence-electron chi connectivity index (χ3n) is 1.99. The van der Waals surface area contributed by atoms with Crippen LogP contribution in [-0.2, 0) is 9.53 Å². The van der Waals surface area contributed by atoms with Crippen molar-refractivity contribution < 1.29 is 9.53 Å². The first kappa shape index (κ1) is 11.4. The number of ether oxygens (including phenoxy) is 1. The van der Waals surface area contributed by atoms with Crippen LogP contribution in [0.2, 0.25) is 0 Å². The summed E-state index contributed by atoms with van der Waals surface area (Å²) in [5.74, 6) is -0.124. The summed E-state index contributed by atoms with van der Waals surface area (Å²) in [5.41, 5.74) is 0. The van der Waals surface area contributed by atoms with Crippen molar-refractivity contribution in [3.63, 3.8) is 0 Å². The highest BCUT2D eigenvalue weighted by Crippen LogP contribution is 2.00. The lowest BCUT2D eigenvalue weighted by molar-refractivity contribution is -0.148. The molecule has 0 fully saturated rings. The topological polar surface area (TPSA) is 29.5 Å². The van der Waals surface area contributed by atoms with Crippen molar-refractivity contribution in [1.82, 2.24) is 4.90 Å². The third-order valence-corrected chi connectivity index (χ3v) is 1.99. The summed E-state index contributed by atoms with van der Waals surface area (Å²) in [4.78, 5) is 13.3. The molecule has 0 spiro atoms. The average molecular weight is 173 g/mol. The van der Waals surface area contributed by atoms with Crippen molar-refractivity contribution in [2.24, 2.45) is 0 Å². The van der Waals surface area contributed by atoms with E-state index in [1.165, 1.54) is 0 Å². The minimum atomic E-state index is -0.124. The zero-order valence-electron chi connectivity index (χ0n) is 8.46. The second kappa shape index (κ2) is 6.00. The first-order valence-electron chi connectivity index (χ1n) is 4.57. The van der Waals surface area contributed by atoms with E-state index in [9.17, 15) is 4.79 Å². The molecule has 0 aromatic rings. The summed E-state index contributed by atoms with van der Waals surface area (Å²) in [6.45, 7) is 10.0. The lowest BCUT2D eigenvalue weighted by Gasteiger charge is -2.24. The summed E-state index contributed by atoms with van der Waals surface area (Å²) in [5, 5.41) is 0. The number of nitrogens with zero attached hydrogens (tertiary/aromatic N) is 1. The molecular formula is C9H19NO2. The van der Waals surface area contributed by atoms with Crippen LogP contribution in [0, 0.1) is 0 Å². The van der Waals surface area contributed by atoms with E-state index >= 15 is 0 Å². The molecule has 0 aliphatic heterocycles. The van der Waals surface area contributed by atoms with Gasteiger partial charge in [0.05, 0.1) is 6.61 Å². The number of hydrogen-bond donors (Lipinski definition) is 0. The van der Waals surface area contributed by atoms with Crippen molar-refractivity contribution in [3.05, 3.63) is 0 Å². The molecule has 0 saturated heterocycles. The van der Waals surface area contributed by atoms with E-state index in [0.29, 0.717) is 6.61 Å². The molecule has 1 atom stereocenters. The quantitative estimate of drug-likeness (QED) is 0.586. The van der Waals surface area contributed by atoms with Gasteiger partial charge in [-0.25, -0.2) is 0 Å². The van der Waals surface area contributed by atoms with Crippen LogP contribution in [0.1, 0.15) is 27.7 Å². The summed E-state index contributed by atoms with van der Waals surface area (Å²) in [7, 11) is 0. The Hall–Kier alpha value is -0.570. The van der Waals surface area contributed by atoms with E-state index in [1.807, 2.05) is 27.7 Å². The lowest BCUT2D eigenvalue weighted by atomic mass is 10.3. The molecule has 0 aromatic heterocycles. The predicted molar refractivity (Wildman–Crippen MR) is 49.0 cm³/mol. The molecule has 0 aliphatic carbocycles. The van der Waals surface area contributed by atoms with Crippen molar-refractivity contribution in [2.75, 3.05) is 19.7 Å². The Morgan fingerprint density at radius 1 is 1.33 bits per heavy atom. The van der Waals surface area contributed by atoms with Gasteiger partial charge in [-0.15, -0.1) is 0 Å². The van der Waals surface area contributed by atoms with E-state index in [0.717, 1.165) is 13.1 Å². The van der Waals surface area contributed by atoms with Gasteiger partial charge in [-0.2, -0.15) is 0 Å². The first-order chi connectivity index (χ1) is 5.67. The Bertz CT molecular complexity index is 132. The van der Waals surface area contributed by atoms with Crippen LogP contribution in [0.5, 0.6) is 0 Å². The number of rotatable bonds is 5. The molecule has 1 unspecified atom stereocenters. The van der Waals surface area contributed by atoms with Gasteiger partial charge in [0.15, 0.2) is 0 Å². The summed E-state index contributed by atoms with van der Waals surface area (Å²) in [6.07, 6.45) is 0. The highest BCUT2D eigenvalue weighted by Gasteiger charge is 2.18. The van der Waals surface area contributed by atoms with Gasteiger partial charge in [0.1, 0.15) is 6.04 Å². The molecule has 0 amide bonds. The Labute approximate surface area is 74.7 Å². The summed E-state index contributed by atoms with van der Waals surface area (Å²) in [6, 6.07) is -0.111. The van der Waals surface area contributed by atoms with Crippen molar-refractivity contribution in [1.29, 1.82) is 0 Å². The molecule has 0 saturated carbocycles. The fraction of sp³-hybridized carbons (Fsp3) is 0.889. The maximum Gasteiger partial charge on any atom is 0.323 e. The van der Waals surface area contributed by atoms with Gasteiger partial charge in [-0.1, -0.05) is 13.8 Å². The molecule has 0 bridgehead atoms. The molecule has 0 heterocycles. The van der Waals surface area contributed by atoms with Crippen LogP contribution in [0.15, 0.2) is 0 Å². The van der Waals surface area contributed by atoms with Gasteiger partial charge >= 0.3 is 5.97 Å². The molecule has 3 nitrogen and oxygen atoms in total. The smallest absolute Gasteiger partial charge is 0.323 e. The number of hydrogen-bond acceptors (Lipinski definition) is 3. The maximum atomic E-state index is 11.2. The highest BCUT2D eigenvalue weighted by atomic mass is 16.5. The van der Waals surface area contributed by atoms with Crippen molar-refractivity contribution in [3.8, 4) is 0 Å². The number of carbonyl (C=O) groups excluding carboxylic acids is 1. The zero-order valence-corrected chi connectivity index (χ0v) is 8.46. The molecule has 0 aliphatic rings. The normalized spacial score (nSPS) is 13.1. The number of esters is 1. The Balaban J connectivity index is 3.96. The second-order valence-corrected chi connectivity index (χ2v) is 2.65. The maximum absolute atomic E-state index is 11.2. The van der Waals surface area contributed by atoms with E-state index < -0.39 is 0 Å². The molecule has 0 N–H and O–H groups in total. The third kappa shape index (κ3) is 3.22. The van der Waals surface area contributed by atoms with E-state index in [2.05, 4.69) is 4.90 Å². The first-order valence-corrected chi connectivity index (χ1v) is 4.57. The molecule has 0 radical (unpaired) electrons. The Morgan fingerprint density at radius 3 is 2.17 bits per heavy atom. The SMILES string of the molecule is CCOC(=O)C(C)N(CC)CC. The van der Waals surface area contributed by atoms with Gasteiger partial charge in [0, 0.05) is 0 Å². The number of carbonyl (C=O) groups is 1. The van der Waals surface area contributed by atoms with Crippen molar-refractivity contribution >= 4 is 5.97 Å². The van der Waals surface area contributed by atoms with E-state index in [-0.39, 0.29) is 12.0 Å². The summed E-state index contributed by atoms with van der Waals surface area (Å²) >= 11 is 0.